The molecule has 0 fully saturated rings. The topological polar surface area (TPSA) is 0 Å². The zero-order chi connectivity index (χ0) is 12.3. The van der Waals surface area contributed by atoms with Crippen LogP contribution in [0.3, 0.4) is 0 Å². The van der Waals surface area contributed by atoms with E-state index >= 15 is 0 Å². The third-order valence-corrected chi connectivity index (χ3v) is 10.7. The number of hydrogen-bond acceptors (Lipinski definition) is 6. The van der Waals surface area contributed by atoms with Gasteiger partial charge in [0.15, 0.2) is 0 Å². The van der Waals surface area contributed by atoms with Crippen molar-refractivity contribution in [1.82, 2.24) is 0 Å². The molecule has 2 aliphatic heterocycles. The van der Waals surface area contributed by atoms with Gasteiger partial charge in [-0.05, 0) is 26.0 Å². The van der Waals surface area contributed by atoms with Crippen LogP contribution in [0.4, 0.5) is 0 Å². The number of hydrogen-bond donors (Lipinski definition) is 0. The highest BCUT2D eigenvalue weighted by atomic mass is 32.2. The molecule has 92 valence electrons. The number of thioether (sulfide) groups is 4. The average Bonchev–Trinajstić information content (AvgIpc) is 2.94. The maximum absolute atomic E-state index is 2.31. The molecule has 0 bridgehead atoms. The monoisotopic (exact) mass is 344 g/mol. The van der Waals surface area contributed by atoms with Gasteiger partial charge in [-0.1, -0.05) is 47.0 Å². The highest BCUT2D eigenvalue weighted by molar-refractivity contribution is 8.31. The van der Waals surface area contributed by atoms with Crippen LogP contribution >= 0.6 is 69.7 Å². The molecule has 0 saturated carbocycles. The van der Waals surface area contributed by atoms with Gasteiger partial charge in [-0.25, -0.2) is 0 Å². The summed E-state index contributed by atoms with van der Waals surface area (Å²) in [6.45, 7) is 4.38. The van der Waals surface area contributed by atoms with Crippen LogP contribution in [0.1, 0.15) is 9.75 Å². The minimum Gasteiger partial charge on any atom is -0.133 e. The number of aryl methyl sites for hydroxylation is 2. The van der Waals surface area contributed by atoms with Gasteiger partial charge >= 0.3 is 0 Å². The van der Waals surface area contributed by atoms with E-state index in [2.05, 4.69) is 26.0 Å². The lowest BCUT2D eigenvalue weighted by atomic mass is 10.5. The molecular formula is C12H8S6. The van der Waals surface area contributed by atoms with E-state index in [0.717, 1.165) is 0 Å². The van der Waals surface area contributed by atoms with Crippen LogP contribution in [0.2, 0.25) is 0 Å². The Balaban J connectivity index is 1.65. The molecule has 6 heteroatoms. The van der Waals surface area contributed by atoms with Crippen molar-refractivity contribution < 1.29 is 0 Å². The van der Waals surface area contributed by atoms with Gasteiger partial charge in [0.2, 0.25) is 0 Å². The third-order valence-electron chi connectivity index (χ3n) is 2.52. The number of thiophene rings is 2. The molecule has 4 rings (SSSR count). The van der Waals surface area contributed by atoms with Crippen molar-refractivity contribution in [2.45, 2.75) is 32.1 Å². The zero-order valence-electron chi connectivity index (χ0n) is 9.60. The molecule has 0 spiro atoms. The van der Waals surface area contributed by atoms with Crippen LogP contribution < -0.4 is 0 Å². The molecule has 2 aliphatic rings. The summed E-state index contributed by atoms with van der Waals surface area (Å²) in [6, 6.07) is 4.63. The molecule has 4 heterocycles. The van der Waals surface area contributed by atoms with Crippen molar-refractivity contribution in [3.05, 3.63) is 30.4 Å². The van der Waals surface area contributed by atoms with Gasteiger partial charge in [0.25, 0.3) is 0 Å². The smallest absolute Gasteiger partial charge is 0.0794 e. The molecular weight excluding hydrogens is 337 g/mol. The van der Waals surface area contributed by atoms with Gasteiger partial charge in [0.1, 0.15) is 0 Å². The van der Waals surface area contributed by atoms with Gasteiger partial charge in [-0.15, -0.1) is 22.7 Å². The van der Waals surface area contributed by atoms with E-state index in [0.29, 0.717) is 0 Å². The van der Waals surface area contributed by atoms with Crippen LogP contribution in [0.5, 0.6) is 0 Å². The molecule has 0 radical (unpaired) electrons. The SMILES string of the molecule is Cc1cc2c(s1)S/C(=C1/Sc3cc(C)sc3S1)S2. The highest BCUT2D eigenvalue weighted by Crippen LogP contribution is 2.63. The first-order chi connectivity index (χ1) is 8.69. The van der Waals surface area contributed by atoms with E-state index in [9.17, 15) is 0 Å². The first kappa shape index (κ1) is 12.3. The molecule has 0 aliphatic carbocycles. The van der Waals surface area contributed by atoms with Crippen molar-refractivity contribution >= 4 is 69.7 Å². The summed E-state index contributed by atoms with van der Waals surface area (Å²) in [4.78, 5) is 5.76. The molecule has 0 amide bonds. The van der Waals surface area contributed by atoms with Gasteiger partial charge in [0, 0.05) is 19.5 Å². The largest absolute Gasteiger partial charge is 0.133 e. The quantitative estimate of drug-likeness (QED) is 0.524. The molecule has 0 N–H and O–H groups in total. The van der Waals surface area contributed by atoms with E-state index in [1.165, 1.54) is 36.4 Å². The lowest BCUT2D eigenvalue weighted by Gasteiger charge is -1.99. The Labute approximate surface area is 131 Å². The summed E-state index contributed by atoms with van der Waals surface area (Å²) in [7, 11) is 0. The number of fused-ring (bicyclic) bond motifs is 2. The lowest BCUT2D eigenvalue weighted by Crippen LogP contribution is -1.66. The standard InChI is InChI=1S/C12H8S6/c1-5-3-7-9(13-5)17-11(15-7)12-16-8-4-6(2)14-10(8)18-12/h3-4H,1-2H3/b12-11-. The average molecular weight is 345 g/mol. The molecule has 0 saturated heterocycles. The molecule has 0 nitrogen and oxygen atoms in total. The fraction of sp³-hybridized carbons (Fsp3) is 0.167. The Kier molecular flexibility index (Phi) is 3.10. The van der Waals surface area contributed by atoms with E-state index in [4.69, 9.17) is 0 Å². The second-order valence-corrected chi connectivity index (χ2v) is 11.7. The Morgan fingerprint density at radius 3 is 1.50 bits per heavy atom. The van der Waals surface area contributed by atoms with Crippen LogP contribution in [0.15, 0.2) is 38.8 Å². The summed E-state index contributed by atoms with van der Waals surface area (Å²) in [5.74, 6) is 0. The van der Waals surface area contributed by atoms with Crippen LogP contribution in [-0.4, -0.2) is 0 Å². The van der Waals surface area contributed by atoms with Crippen LogP contribution in [-0.2, 0) is 0 Å². The van der Waals surface area contributed by atoms with E-state index in [-0.39, 0.29) is 0 Å². The maximum atomic E-state index is 2.31. The normalized spacial score (nSPS) is 21.4. The third kappa shape index (κ3) is 2.01. The zero-order valence-corrected chi connectivity index (χ0v) is 14.5. The maximum Gasteiger partial charge on any atom is 0.0794 e. The van der Waals surface area contributed by atoms with E-state index < -0.39 is 0 Å². The van der Waals surface area contributed by atoms with Crippen molar-refractivity contribution in [3.8, 4) is 0 Å². The minimum atomic E-state index is 1.42. The Morgan fingerprint density at radius 2 is 1.11 bits per heavy atom. The summed E-state index contributed by atoms with van der Waals surface area (Å²) >= 11 is 11.6. The summed E-state index contributed by atoms with van der Waals surface area (Å²) in [5, 5.41) is 0. The van der Waals surface area contributed by atoms with Crippen LogP contribution in [0, 0.1) is 13.8 Å². The Bertz CT molecular complexity index is 566. The summed E-state index contributed by atoms with van der Waals surface area (Å²) in [6.07, 6.45) is 0. The minimum absolute atomic E-state index is 1.42. The Hall–Kier alpha value is 0.540. The molecule has 2 aromatic rings. The summed E-state index contributed by atoms with van der Waals surface area (Å²) < 4.78 is 5.92. The van der Waals surface area contributed by atoms with Gasteiger partial charge in [0.05, 0.1) is 16.9 Å². The van der Waals surface area contributed by atoms with Gasteiger partial charge < -0.3 is 0 Å². The first-order valence-corrected chi connectivity index (χ1v) is 10.3. The molecule has 0 unspecified atom stereocenters. The molecule has 0 aromatic carbocycles. The Morgan fingerprint density at radius 1 is 0.667 bits per heavy atom. The second kappa shape index (κ2) is 4.53. The van der Waals surface area contributed by atoms with Crippen molar-refractivity contribution in [1.29, 1.82) is 0 Å². The van der Waals surface area contributed by atoms with Crippen molar-refractivity contribution in [2.24, 2.45) is 0 Å². The van der Waals surface area contributed by atoms with Crippen molar-refractivity contribution in [3.63, 3.8) is 0 Å². The van der Waals surface area contributed by atoms with E-state index in [1.54, 1.807) is 0 Å². The van der Waals surface area contributed by atoms with Gasteiger partial charge in [-0.3, -0.25) is 0 Å². The fourth-order valence-electron chi connectivity index (χ4n) is 1.80. The molecule has 2 aromatic heterocycles. The van der Waals surface area contributed by atoms with E-state index in [1.807, 2.05) is 69.7 Å². The first-order valence-electron chi connectivity index (χ1n) is 5.35. The second-order valence-electron chi connectivity index (χ2n) is 4.00. The summed E-state index contributed by atoms with van der Waals surface area (Å²) in [5.41, 5.74) is 0. The molecule has 18 heavy (non-hydrogen) atoms. The fourth-order valence-corrected chi connectivity index (χ4v) is 10.5. The predicted octanol–water partition coefficient (Wildman–Crippen LogP) is 6.65. The lowest BCUT2D eigenvalue weighted by molar-refractivity contribution is 1.41. The van der Waals surface area contributed by atoms with Gasteiger partial charge in [-0.2, -0.15) is 0 Å². The molecule has 0 atom stereocenters. The number of rotatable bonds is 0. The highest BCUT2D eigenvalue weighted by Gasteiger charge is 2.29. The van der Waals surface area contributed by atoms with Crippen molar-refractivity contribution in [2.75, 3.05) is 0 Å². The predicted molar refractivity (Wildman–Crippen MR) is 88.6 cm³/mol. The van der Waals surface area contributed by atoms with Crippen LogP contribution in [0.25, 0.3) is 0 Å².